The highest BCUT2D eigenvalue weighted by molar-refractivity contribution is 14.0. The van der Waals surface area contributed by atoms with Gasteiger partial charge in [0, 0.05) is 32.5 Å². The summed E-state index contributed by atoms with van der Waals surface area (Å²) in [7, 11) is 3.35. The molecule has 0 saturated heterocycles. The summed E-state index contributed by atoms with van der Waals surface area (Å²) in [5.41, 5.74) is 3.36. The molecular weight excluding hydrogens is 541 g/mol. The zero-order valence-electron chi connectivity index (χ0n) is 18.5. The van der Waals surface area contributed by atoms with Gasteiger partial charge in [-0.05, 0) is 41.8 Å². The maximum atomic E-state index is 6.37. The Labute approximate surface area is 211 Å². The van der Waals surface area contributed by atoms with Crippen molar-refractivity contribution in [3.63, 3.8) is 0 Å². The van der Waals surface area contributed by atoms with Crippen LogP contribution in [0.4, 0.5) is 0 Å². The van der Waals surface area contributed by atoms with Crippen LogP contribution >= 0.6 is 35.6 Å². The molecule has 0 atom stereocenters. The largest absolute Gasteiger partial charge is 0.493 e. The topological polar surface area (TPSA) is 72.7 Å². The molecule has 3 rings (SSSR count). The first-order chi connectivity index (χ1) is 15.1. The summed E-state index contributed by atoms with van der Waals surface area (Å²) in [5, 5.41) is 11.5. The highest BCUT2D eigenvalue weighted by Gasteiger charge is 2.12. The number of halogens is 2. The molecule has 0 saturated carbocycles. The molecule has 32 heavy (non-hydrogen) atoms. The normalized spacial score (nSPS) is 10.9. The maximum Gasteiger partial charge on any atom is 0.191 e. The molecule has 1 aromatic heterocycles. The van der Waals surface area contributed by atoms with Crippen LogP contribution < -0.4 is 20.1 Å². The summed E-state index contributed by atoms with van der Waals surface area (Å²) in [6.07, 6.45) is 3.75. The molecule has 0 fully saturated rings. The van der Waals surface area contributed by atoms with E-state index in [-0.39, 0.29) is 24.0 Å². The molecule has 1 heterocycles. The van der Waals surface area contributed by atoms with Gasteiger partial charge in [0.2, 0.25) is 0 Å². The van der Waals surface area contributed by atoms with Crippen LogP contribution in [0.5, 0.6) is 11.5 Å². The van der Waals surface area contributed by atoms with Gasteiger partial charge in [0.25, 0.3) is 0 Å². The van der Waals surface area contributed by atoms with Crippen LogP contribution in [0, 0.1) is 0 Å². The Kier molecular flexibility index (Phi) is 10.6. The zero-order valence-corrected chi connectivity index (χ0v) is 21.6. The Bertz CT molecular complexity index is 1010. The molecule has 0 amide bonds. The Morgan fingerprint density at radius 2 is 1.88 bits per heavy atom. The monoisotopic (exact) mass is 569 g/mol. The quantitative estimate of drug-likeness (QED) is 0.226. The Hall–Kier alpha value is -2.46. The van der Waals surface area contributed by atoms with Crippen LogP contribution in [0.1, 0.15) is 23.6 Å². The molecular formula is C23H29ClIN5O2. The van der Waals surface area contributed by atoms with Crippen molar-refractivity contribution in [2.75, 3.05) is 20.8 Å². The predicted octanol–water partition coefficient (Wildman–Crippen LogP) is 4.48. The lowest BCUT2D eigenvalue weighted by Gasteiger charge is -2.16. The van der Waals surface area contributed by atoms with Crippen molar-refractivity contribution in [1.82, 2.24) is 20.4 Å². The smallest absolute Gasteiger partial charge is 0.191 e. The zero-order chi connectivity index (χ0) is 22.1. The Morgan fingerprint density at radius 1 is 1.12 bits per heavy atom. The number of nitrogens with zero attached hydrogens (tertiary/aromatic N) is 3. The number of rotatable bonds is 9. The van der Waals surface area contributed by atoms with Gasteiger partial charge in [-0.1, -0.05) is 35.9 Å². The summed E-state index contributed by atoms with van der Waals surface area (Å²) >= 11 is 6.37. The Morgan fingerprint density at radius 3 is 2.53 bits per heavy atom. The van der Waals surface area contributed by atoms with Crippen LogP contribution in [-0.4, -0.2) is 36.5 Å². The molecule has 0 spiro atoms. The molecule has 7 nitrogen and oxygen atoms in total. The van der Waals surface area contributed by atoms with E-state index in [0.29, 0.717) is 42.2 Å². The minimum absolute atomic E-state index is 0. The first-order valence-corrected chi connectivity index (χ1v) is 10.5. The highest BCUT2D eigenvalue weighted by Crippen LogP contribution is 2.36. The number of hydrogen-bond acceptors (Lipinski definition) is 4. The van der Waals surface area contributed by atoms with Gasteiger partial charge in [-0.2, -0.15) is 5.10 Å². The second kappa shape index (κ2) is 13.2. The van der Waals surface area contributed by atoms with Gasteiger partial charge in [-0.25, -0.2) is 0 Å². The molecule has 0 aliphatic carbocycles. The van der Waals surface area contributed by atoms with Gasteiger partial charge < -0.3 is 20.1 Å². The van der Waals surface area contributed by atoms with Crippen LogP contribution in [0.3, 0.4) is 0 Å². The van der Waals surface area contributed by atoms with Gasteiger partial charge in [-0.15, -0.1) is 24.0 Å². The van der Waals surface area contributed by atoms with E-state index in [4.69, 9.17) is 21.1 Å². The van der Waals surface area contributed by atoms with Gasteiger partial charge in [0.1, 0.15) is 0 Å². The van der Waals surface area contributed by atoms with E-state index in [9.17, 15) is 0 Å². The number of methoxy groups -OCH3 is 1. The van der Waals surface area contributed by atoms with Crippen molar-refractivity contribution in [2.24, 2.45) is 4.99 Å². The van der Waals surface area contributed by atoms with E-state index in [0.717, 1.165) is 12.1 Å². The standard InChI is InChI=1S/C23H28ClN5O2.HI/c1-4-31-22-20(24)12-17(13-21(22)30-3)14-26-23(25-2)27-15-18-8-5-6-9-19(18)16-29-11-7-10-28-29;/h5-13H,4,14-16H2,1-3H3,(H2,25,26,27);1H. The number of ether oxygens (including phenoxy) is 2. The molecule has 0 aliphatic heterocycles. The molecule has 172 valence electrons. The number of guanidine groups is 1. The van der Waals surface area contributed by atoms with E-state index in [1.165, 1.54) is 11.1 Å². The SMILES string of the molecule is CCOc1c(Cl)cc(CNC(=NC)NCc2ccccc2Cn2cccn2)cc1OC.I. The van der Waals surface area contributed by atoms with E-state index >= 15 is 0 Å². The van der Waals surface area contributed by atoms with Gasteiger partial charge in [-0.3, -0.25) is 9.67 Å². The lowest BCUT2D eigenvalue weighted by Crippen LogP contribution is -2.36. The van der Waals surface area contributed by atoms with Crippen molar-refractivity contribution in [3.8, 4) is 11.5 Å². The lowest BCUT2D eigenvalue weighted by molar-refractivity contribution is 0.311. The summed E-state index contributed by atoms with van der Waals surface area (Å²) in [4.78, 5) is 4.32. The number of benzene rings is 2. The molecule has 2 N–H and O–H groups in total. The van der Waals surface area contributed by atoms with Crippen LogP contribution in [0.25, 0.3) is 0 Å². The average molecular weight is 570 g/mol. The van der Waals surface area contributed by atoms with Crippen LogP contribution in [-0.2, 0) is 19.6 Å². The number of nitrogens with one attached hydrogen (secondary N) is 2. The van der Waals surface area contributed by atoms with Crippen molar-refractivity contribution >= 4 is 41.5 Å². The first-order valence-electron chi connectivity index (χ1n) is 10.1. The molecule has 3 aromatic rings. The third-order valence-electron chi connectivity index (χ3n) is 4.72. The lowest BCUT2D eigenvalue weighted by atomic mass is 10.1. The highest BCUT2D eigenvalue weighted by atomic mass is 127. The van der Waals surface area contributed by atoms with Gasteiger partial charge >= 0.3 is 0 Å². The molecule has 0 aliphatic rings. The predicted molar refractivity (Wildman–Crippen MR) is 139 cm³/mol. The van der Waals surface area contributed by atoms with Crippen molar-refractivity contribution < 1.29 is 9.47 Å². The first kappa shape index (κ1) is 25.8. The minimum atomic E-state index is 0. The van der Waals surface area contributed by atoms with E-state index < -0.39 is 0 Å². The van der Waals surface area contributed by atoms with Crippen molar-refractivity contribution in [1.29, 1.82) is 0 Å². The van der Waals surface area contributed by atoms with Crippen molar-refractivity contribution in [3.05, 3.63) is 76.6 Å². The number of aromatic nitrogens is 2. The second-order valence-corrected chi connectivity index (χ2v) is 7.20. The summed E-state index contributed by atoms with van der Waals surface area (Å²) in [5.74, 6) is 1.87. The fraction of sp³-hybridized carbons (Fsp3) is 0.304. The summed E-state index contributed by atoms with van der Waals surface area (Å²) in [6, 6.07) is 14.0. The number of hydrogen-bond donors (Lipinski definition) is 2. The second-order valence-electron chi connectivity index (χ2n) is 6.79. The van der Waals surface area contributed by atoms with E-state index in [2.05, 4.69) is 32.9 Å². The van der Waals surface area contributed by atoms with Crippen molar-refractivity contribution in [2.45, 2.75) is 26.6 Å². The van der Waals surface area contributed by atoms with Gasteiger partial charge in [0.05, 0.1) is 25.3 Å². The molecule has 0 bridgehead atoms. The van der Waals surface area contributed by atoms with Crippen LogP contribution in [0.15, 0.2) is 59.9 Å². The summed E-state index contributed by atoms with van der Waals surface area (Å²) < 4.78 is 12.9. The Balaban J connectivity index is 0.00000363. The molecule has 9 heteroatoms. The fourth-order valence-corrected chi connectivity index (χ4v) is 3.49. The average Bonchev–Trinajstić information content (AvgIpc) is 3.29. The molecule has 0 unspecified atom stereocenters. The minimum Gasteiger partial charge on any atom is -0.493 e. The fourth-order valence-electron chi connectivity index (χ4n) is 3.20. The summed E-state index contributed by atoms with van der Waals surface area (Å²) in [6.45, 7) is 4.34. The van der Waals surface area contributed by atoms with Gasteiger partial charge in [0.15, 0.2) is 17.5 Å². The number of aliphatic imine (C=N–C) groups is 1. The van der Waals surface area contributed by atoms with E-state index in [1.54, 1.807) is 20.4 Å². The third-order valence-corrected chi connectivity index (χ3v) is 5.00. The molecule has 0 radical (unpaired) electrons. The molecule has 2 aromatic carbocycles. The van der Waals surface area contributed by atoms with E-state index in [1.807, 2.05) is 48.1 Å². The third kappa shape index (κ3) is 7.03. The maximum absolute atomic E-state index is 6.37. The van der Waals surface area contributed by atoms with Crippen LogP contribution in [0.2, 0.25) is 5.02 Å².